The average Bonchev–Trinajstić information content (AvgIpc) is 3.05. The molecule has 158 valence electrons. The molecule has 1 amide bonds. The van der Waals surface area contributed by atoms with Crippen LogP contribution >= 0.6 is 0 Å². The Kier molecular flexibility index (Phi) is 6.93. The van der Waals surface area contributed by atoms with Gasteiger partial charge in [0.1, 0.15) is 11.6 Å². The van der Waals surface area contributed by atoms with Crippen LogP contribution in [0.5, 0.6) is 5.75 Å². The zero-order chi connectivity index (χ0) is 21.7. The molecule has 1 aromatic heterocycles. The van der Waals surface area contributed by atoms with Crippen molar-refractivity contribution in [3.8, 4) is 5.75 Å². The third-order valence-corrected chi connectivity index (χ3v) is 5.05. The molecule has 1 N–H and O–H groups in total. The monoisotopic (exact) mass is 405 g/mol. The SMILES string of the molecule is C=C(C)C(=O)NC(C)c1nc2ccccc2n1CCCCOc1cc(C)cc(C)c1. The molecule has 0 aliphatic heterocycles. The van der Waals surface area contributed by atoms with Crippen molar-refractivity contribution >= 4 is 16.9 Å². The summed E-state index contributed by atoms with van der Waals surface area (Å²) in [6.45, 7) is 13.0. The molecule has 1 heterocycles. The van der Waals surface area contributed by atoms with Crippen molar-refractivity contribution < 1.29 is 9.53 Å². The lowest BCUT2D eigenvalue weighted by Gasteiger charge is -2.16. The molecule has 2 aromatic carbocycles. The number of aromatic nitrogens is 2. The molecular weight excluding hydrogens is 374 g/mol. The second-order valence-electron chi connectivity index (χ2n) is 7.96. The number of ether oxygens (including phenoxy) is 1. The van der Waals surface area contributed by atoms with Crippen LogP contribution in [0.25, 0.3) is 11.0 Å². The molecule has 0 fully saturated rings. The molecular formula is C25H31N3O2. The summed E-state index contributed by atoms with van der Waals surface area (Å²) < 4.78 is 8.14. The standard InChI is InChI=1S/C25H31N3O2/c1-17(2)25(29)26-20(5)24-27-22-10-6-7-11-23(22)28(24)12-8-9-13-30-21-15-18(3)14-19(4)16-21/h6-7,10-11,14-16,20H,1,8-9,12-13H2,2-5H3,(H,26,29). The van der Waals surface area contributed by atoms with Gasteiger partial charge in [-0.25, -0.2) is 4.98 Å². The Morgan fingerprint density at radius 1 is 1.17 bits per heavy atom. The Bertz CT molecular complexity index is 1030. The number of amides is 1. The molecule has 0 aliphatic carbocycles. The van der Waals surface area contributed by atoms with E-state index in [0.29, 0.717) is 12.2 Å². The van der Waals surface area contributed by atoms with Crippen LogP contribution in [0.15, 0.2) is 54.6 Å². The lowest BCUT2D eigenvalue weighted by molar-refractivity contribution is -0.118. The number of benzene rings is 2. The van der Waals surface area contributed by atoms with Crippen LogP contribution in [0.3, 0.4) is 0 Å². The molecule has 0 saturated heterocycles. The van der Waals surface area contributed by atoms with E-state index in [1.807, 2.05) is 25.1 Å². The Labute approximate surface area is 178 Å². The van der Waals surface area contributed by atoms with Crippen LogP contribution in [-0.2, 0) is 11.3 Å². The van der Waals surface area contributed by atoms with Gasteiger partial charge in [0.2, 0.25) is 5.91 Å². The molecule has 0 saturated carbocycles. The van der Waals surface area contributed by atoms with E-state index in [1.165, 1.54) is 11.1 Å². The minimum Gasteiger partial charge on any atom is -0.494 e. The highest BCUT2D eigenvalue weighted by molar-refractivity contribution is 5.92. The first-order chi connectivity index (χ1) is 14.3. The normalized spacial score (nSPS) is 12.0. The van der Waals surface area contributed by atoms with Gasteiger partial charge in [-0.1, -0.05) is 24.8 Å². The number of carbonyl (C=O) groups is 1. The van der Waals surface area contributed by atoms with Gasteiger partial charge in [-0.05, 0) is 75.9 Å². The largest absolute Gasteiger partial charge is 0.494 e. The van der Waals surface area contributed by atoms with Gasteiger partial charge in [0.05, 0.1) is 23.7 Å². The van der Waals surface area contributed by atoms with E-state index in [4.69, 9.17) is 9.72 Å². The summed E-state index contributed by atoms with van der Waals surface area (Å²) in [5.74, 6) is 1.64. The van der Waals surface area contributed by atoms with E-state index in [0.717, 1.165) is 42.0 Å². The molecule has 5 heteroatoms. The number of nitrogens with zero attached hydrogens (tertiary/aromatic N) is 2. The number of unbranched alkanes of at least 4 members (excludes halogenated alkanes) is 1. The second kappa shape index (κ2) is 9.61. The average molecular weight is 406 g/mol. The smallest absolute Gasteiger partial charge is 0.246 e. The molecule has 3 aromatic rings. The number of hydrogen-bond acceptors (Lipinski definition) is 3. The van der Waals surface area contributed by atoms with E-state index in [2.05, 4.69) is 54.6 Å². The fraction of sp³-hybridized carbons (Fsp3) is 0.360. The highest BCUT2D eigenvalue weighted by atomic mass is 16.5. The number of nitrogens with one attached hydrogen (secondary N) is 1. The molecule has 30 heavy (non-hydrogen) atoms. The van der Waals surface area contributed by atoms with Gasteiger partial charge in [-0.3, -0.25) is 4.79 Å². The number of imidazole rings is 1. The van der Waals surface area contributed by atoms with Crippen molar-refractivity contribution in [1.82, 2.24) is 14.9 Å². The first-order valence-corrected chi connectivity index (χ1v) is 10.5. The summed E-state index contributed by atoms with van der Waals surface area (Å²) in [6, 6.07) is 14.2. The fourth-order valence-corrected chi connectivity index (χ4v) is 3.62. The van der Waals surface area contributed by atoms with Crippen LogP contribution in [0.4, 0.5) is 0 Å². The van der Waals surface area contributed by atoms with E-state index in [9.17, 15) is 4.79 Å². The third-order valence-electron chi connectivity index (χ3n) is 5.05. The first kappa shape index (κ1) is 21.6. The van der Waals surface area contributed by atoms with Crippen LogP contribution in [0.1, 0.15) is 49.7 Å². The molecule has 1 unspecified atom stereocenters. The van der Waals surface area contributed by atoms with Gasteiger partial charge in [0.15, 0.2) is 0 Å². The van der Waals surface area contributed by atoms with Gasteiger partial charge in [-0.2, -0.15) is 0 Å². The lowest BCUT2D eigenvalue weighted by atomic mass is 10.1. The number of para-hydroxylation sites is 2. The highest BCUT2D eigenvalue weighted by Gasteiger charge is 2.18. The van der Waals surface area contributed by atoms with Gasteiger partial charge in [-0.15, -0.1) is 0 Å². The second-order valence-corrected chi connectivity index (χ2v) is 7.96. The van der Waals surface area contributed by atoms with E-state index in [-0.39, 0.29) is 11.9 Å². The number of fused-ring (bicyclic) bond motifs is 1. The van der Waals surface area contributed by atoms with Crippen molar-refractivity contribution in [2.75, 3.05) is 6.61 Å². The van der Waals surface area contributed by atoms with E-state index < -0.39 is 0 Å². The van der Waals surface area contributed by atoms with Gasteiger partial charge in [0, 0.05) is 12.1 Å². The van der Waals surface area contributed by atoms with Crippen molar-refractivity contribution in [2.24, 2.45) is 0 Å². The molecule has 0 radical (unpaired) electrons. The van der Waals surface area contributed by atoms with Gasteiger partial charge in [0.25, 0.3) is 0 Å². The molecule has 5 nitrogen and oxygen atoms in total. The summed E-state index contributed by atoms with van der Waals surface area (Å²) >= 11 is 0. The maximum Gasteiger partial charge on any atom is 0.246 e. The summed E-state index contributed by atoms with van der Waals surface area (Å²) in [4.78, 5) is 16.8. The number of aryl methyl sites for hydroxylation is 3. The maximum absolute atomic E-state index is 12.1. The van der Waals surface area contributed by atoms with Gasteiger partial charge >= 0.3 is 0 Å². The summed E-state index contributed by atoms with van der Waals surface area (Å²) in [6.07, 6.45) is 1.89. The number of rotatable bonds is 9. The topological polar surface area (TPSA) is 56.2 Å². The van der Waals surface area contributed by atoms with Crippen molar-refractivity contribution in [3.63, 3.8) is 0 Å². The lowest BCUT2D eigenvalue weighted by Crippen LogP contribution is -2.29. The molecule has 3 rings (SSSR count). The number of hydrogen-bond donors (Lipinski definition) is 1. The molecule has 0 aliphatic rings. The zero-order valence-corrected chi connectivity index (χ0v) is 18.4. The van der Waals surface area contributed by atoms with Crippen LogP contribution in [-0.4, -0.2) is 22.1 Å². The first-order valence-electron chi connectivity index (χ1n) is 10.5. The van der Waals surface area contributed by atoms with Crippen molar-refractivity contribution in [2.45, 2.75) is 53.1 Å². The zero-order valence-electron chi connectivity index (χ0n) is 18.4. The molecule has 1 atom stereocenters. The molecule has 0 spiro atoms. The fourth-order valence-electron chi connectivity index (χ4n) is 3.62. The van der Waals surface area contributed by atoms with Crippen LogP contribution in [0.2, 0.25) is 0 Å². The highest BCUT2D eigenvalue weighted by Crippen LogP contribution is 2.22. The van der Waals surface area contributed by atoms with Crippen LogP contribution < -0.4 is 10.1 Å². The van der Waals surface area contributed by atoms with E-state index >= 15 is 0 Å². The predicted molar refractivity (Wildman–Crippen MR) is 122 cm³/mol. The summed E-state index contributed by atoms with van der Waals surface area (Å²) in [5, 5.41) is 2.98. The Balaban J connectivity index is 1.65. The minimum atomic E-state index is -0.201. The van der Waals surface area contributed by atoms with E-state index in [1.54, 1.807) is 6.92 Å². The summed E-state index contributed by atoms with van der Waals surface area (Å²) in [5.41, 5.74) is 4.94. The quantitative estimate of drug-likeness (QED) is 0.390. The Hall–Kier alpha value is -3.08. The Morgan fingerprint density at radius 3 is 2.57 bits per heavy atom. The third kappa shape index (κ3) is 5.29. The summed E-state index contributed by atoms with van der Waals surface area (Å²) in [7, 11) is 0. The van der Waals surface area contributed by atoms with Gasteiger partial charge < -0.3 is 14.6 Å². The molecule has 0 bridgehead atoms. The Morgan fingerprint density at radius 2 is 1.87 bits per heavy atom. The van der Waals surface area contributed by atoms with Crippen molar-refractivity contribution in [3.05, 3.63) is 71.6 Å². The predicted octanol–water partition coefficient (Wildman–Crippen LogP) is 5.27. The maximum atomic E-state index is 12.1. The number of carbonyl (C=O) groups excluding carboxylic acids is 1. The van der Waals surface area contributed by atoms with Crippen LogP contribution in [0, 0.1) is 13.8 Å². The minimum absolute atomic E-state index is 0.150. The van der Waals surface area contributed by atoms with Crippen molar-refractivity contribution in [1.29, 1.82) is 0 Å².